The van der Waals surface area contributed by atoms with Crippen LogP contribution in [0.3, 0.4) is 0 Å². The molecule has 1 amide bonds. The van der Waals surface area contributed by atoms with E-state index < -0.39 is 17.3 Å². The summed E-state index contributed by atoms with van der Waals surface area (Å²) in [6.07, 6.45) is 2.26. The van der Waals surface area contributed by atoms with Crippen molar-refractivity contribution in [2.75, 3.05) is 0 Å². The summed E-state index contributed by atoms with van der Waals surface area (Å²) in [7, 11) is 0. The van der Waals surface area contributed by atoms with Crippen LogP contribution in [-0.2, 0) is 16.0 Å². The van der Waals surface area contributed by atoms with Gasteiger partial charge in [-0.25, -0.2) is 4.79 Å². The first-order valence-corrected chi connectivity index (χ1v) is 11.3. The van der Waals surface area contributed by atoms with E-state index in [0.717, 1.165) is 28.7 Å². The lowest BCUT2D eigenvalue weighted by atomic mass is 9.94. The maximum Gasteiger partial charge on any atom is 0.407 e. The van der Waals surface area contributed by atoms with Crippen LogP contribution in [0.1, 0.15) is 66.0 Å². The van der Waals surface area contributed by atoms with Crippen LogP contribution in [-0.4, -0.2) is 33.3 Å². The highest BCUT2D eigenvalue weighted by Gasteiger charge is 2.42. The first-order valence-electron chi connectivity index (χ1n) is 10.4. The summed E-state index contributed by atoms with van der Waals surface area (Å²) in [6.45, 7) is 13.8. The Morgan fingerprint density at radius 2 is 1.97 bits per heavy atom. The minimum atomic E-state index is -0.851. The second-order valence-corrected chi connectivity index (χ2v) is 10.3. The average Bonchev–Trinajstić information content (AvgIpc) is 2.89. The van der Waals surface area contributed by atoms with Gasteiger partial charge in [0, 0.05) is 16.9 Å². The molecule has 30 heavy (non-hydrogen) atoms. The lowest BCUT2D eigenvalue weighted by Crippen LogP contribution is -2.37. The molecule has 1 aromatic carbocycles. The molecule has 2 N–H and O–H groups in total. The third-order valence-corrected chi connectivity index (χ3v) is 5.91. The number of halogens is 1. The summed E-state index contributed by atoms with van der Waals surface area (Å²) in [4.78, 5) is 12.1. The number of allylic oxidation sites excluding steroid dienone is 2. The number of alkyl carbamates (subject to hydrolysis) is 1. The quantitative estimate of drug-likeness (QED) is 0.451. The Bertz CT molecular complexity index is 838. The normalized spacial score (nSPS) is 21.3. The summed E-state index contributed by atoms with van der Waals surface area (Å²) < 4.78 is 11.6. The number of amides is 1. The van der Waals surface area contributed by atoms with Gasteiger partial charge in [-0.3, -0.25) is 0 Å². The van der Waals surface area contributed by atoms with Crippen molar-refractivity contribution in [3.8, 4) is 0 Å². The van der Waals surface area contributed by atoms with E-state index in [1.54, 1.807) is 0 Å². The summed E-state index contributed by atoms with van der Waals surface area (Å²) in [5.41, 5.74) is 2.20. The number of hydrogen-bond donors (Lipinski definition) is 2. The Kier molecular flexibility index (Phi) is 7.80. The Labute approximate surface area is 188 Å². The maximum atomic E-state index is 11.9. The van der Waals surface area contributed by atoms with Gasteiger partial charge in [0.1, 0.15) is 17.0 Å². The van der Waals surface area contributed by atoms with Crippen LogP contribution in [0.15, 0.2) is 41.7 Å². The number of carbonyl (C=O) groups is 1. The molecule has 5 nitrogen and oxygen atoms in total. The van der Waals surface area contributed by atoms with Crippen LogP contribution < -0.4 is 5.32 Å². The highest BCUT2D eigenvalue weighted by atomic mass is 79.9. The molecular formula is C24H34BrNO4. The predicted octanol–water partition coefficient (Wildman–Crippen LogP) is 6.28. The van der Waals surface area contributed by atoms with Gasteiger partial charge < -0.3 is 19.9 Å². The molecule has 0 bridgehead atoms. The SMILES string of the molecule is CCC1=CC(c2cccc(CNC(=O)OC(C)(C)C)c2)=C(O)C1(C)OC(C)[C@H](C)Br. The minimum Gasteiger partial charge on any atom is -0.508 e. The molecule has 2 rings (SSSR count). The van der Waals surface area contributed by atoms with Crippen molar-refractivity contribution in [1.82, 2.24) is 5.32 Å². The van der Waals surface area contributed by atoms with Crippen molar-refractivity contribution in [2.24, 2.45) is 0 Å². The van der Waals surface area contributed by atoms with Crippen LogP contribution in [0.2, 0.25) is 0 Å². The first-order chi connectivity index (χ1) is 13.9. The Morgan fingerprint density at radius 1 is 1.30 bits per heavy atom. The van der Waals surface area contributed by atoms with Gasteiger partial charge in [-0.15, -0.1) is 0 Å². The van der Waals surface area contributed by atoms with Crippen molar-refractivity contribution < 1.29 is 19.4 Å². The van der Waals surface area contributed by atoms with Crippen LogP contribution in [0.4, 0.5) is 4.79 Å². The van der Waals surface area contributed by atoms with Gasteiger partial charge >= 0.3 is 6.09 Å². The van der Waals surface area contributed by atoms with E-state index in [4.69, 9.17) is 9.47 Å². The fraction of sp³-hybridized carbons (Fsp3) is 0.542. The van der Waals surface area contributed by atoms with E-state index in [1.165, 1.54) is 0 Å². The van der Waals surface area contributed by atoms with Gasteiger partial charge in [0.2, 0.25) is 0 Å². The average molecular weight is 480 g/mol. The Morgan fingerprint density at radius 3 is 2.53 bits per heavy atom. The molecule has 3 atom stereocenters. The van der Waals surface area contributed by atoms with Crippen molar-refractivity contribution in [2.45, 2.75) is 83.6 Å². The largest absolute Gasteiger partial charge is 0.508 e. The summed E-state index contributed by atoms with van der Waals surface area (Å²) in [6, 6.07) is 7.77. The zero-order valence-electron chi connectivity index (χ0n) is 19.0. The standard InChI is InChI=1S/C24H34BrNO4/c1-8-19-13-20(21(27)24(19,7)29-16(3)15(2)25)18-11-9-10-17(12-18)14-26-22(28)30-23(4,5)6/h9-13,15-16,27H,8,14H2,1-7H3,(H,26,28)/t15-,16?,24?/m0/s1. The number of carbonyl (C=O) groups excluding carboxylic acids is 1. The number of aliphatic hydroxyl groups excluding tert-OH is 1. The van der Waals surface area contributed by atoms with Gasteiger partial charge in [-0.2, -0.15) is 0 Å². The zero-order chi connectivity index (χ0) is 22.7. The molecule has 0 heterocycles. The fourth-order valence-corrected chi connectivity index (χ4v) is 3.49. The van der Waals surface area contributed by atoms with E-state index in [1.807, 2.05) is 71.9 Å². The second kappa shape index (κ2) is 9.56. The molecule has 166 valence electrons. The van der Waals surface area contributed by atoms with Gasteiger partial charge in [0.25, 0.3) is 0 Å². The van der Waals surface area contributed by atoms with Crippen LogP contribution in [0, 0.1) is 0 Å². The van der Waals surface area contributed by atoms with Gasteiger partial charge in [-0.1, -0.05) is 48.0 Å². The highest BCUT2D eigenvalue weighted by molar-refractivity contribution is 9.09. The van der Waals surface area contributed by atoms with Gasteiger partial charge in [0.15, 0.2) is 0 Å². The number of rotatable bonds is 7. The predicted molar refractivity (Wildman–Crippen MR) is 125 cm³/mol. The van der Waals surface area contributed by atoms with E-state index >= 15 is 0 Å². The summed E-state index contributed by atoms with van der Waals surface area (Å²) in [5, 5.41) is 13.9. The molecule has 0 aliphatic heterocycles. The van der Waals surface area contributed by atoms with Gasteiger partial charge in [-0.05, 0) is 69.9 Å². The Balaban J connectivity index is 2.25. The molecule has 6 heteroatoms. The van der Waals surface area contributed by atoms with E-state index in [2.05, 4.69) is 28.2 Å². The van der Waals surface area contributed by atoms with E-state index in [-0.39, 0.29) is 16.7 Å². The molecule has 0 spiro atoms. The molecule has 0 radical (unpaired) electrons. The van der Waals surface area contributed by atoms with Crippen LogP contribution in [0.25, 0.3) is 5.57 Å². The summed E-state index contributed by atoms with van der Waals surface area (Å²) in [5.74, 6) is 0.219. The molecule has 1 aliphatic rings. The minimum absolute atomic E-state index is 0.0733. The number of ether oxygens (including phenoxy) is 2. The van der Waals surface area contributed by atoms with Crippen molar-refractivity contribution in [1.29, 1.82) is 0 Å². The zero-order valence-corrected chi connectivity index (χ0v) is 20.6. The van der Waals surface area contributed by atoms with E-state index in [0.29, 0.717) is 6.54 Å². The summed E-state index contributed by atoms with van der Waals surface area (Å²) >= 11 is 3.56. The van der Waals surface area contributed by atoms with Crippen molar-refractivity contribution in [3.05, 3.63) is 52.8 Å². The maximum absolute atomic E-state index is 11.9. The molecule has 0 saturated carbocycles. The third kappa shape index (κ3) is 5.88. The smallest absolute Gasteiger partial charge is 0.407 e. The highest BCUT2D eigenvalue weighted by Crippen LogP contribution is 2.43. The first kappa shape index (κ1) is 24.5. The number of nitrogens with one attached hydrogen (secondary N) is 1. The number of alkyl halides is 1. The molecule has 0 aromatic heterocycles. The monoisotopic (exact) mass is 479 g/mol. The lowest BCUT2D eigenvalue weighted by molar-refractivity contribution is -0.0458. The van der Waals surface area contributed by atoms with E-state index in [9.17, 15) is 9.90 Å². The molecular weight excluding hydrogens is 446 g/mol. The molecule has 2 unspecified atom stereocenters. The van der Waals surface area contributed by atoms with Gasteiger partial charge in [0.05, 0.1) is 6.10 Å². The number of aliphatic hydroxyl groups is 1. The topological polar surface area (TPSA) is 67.8 Å². The fourth-order valence-electron chi connectivity index (χ4n) is 3.38. The van der Waals surface area contributed by atoms with Crippen molar-refractivity contribution in [3.63, 3.8) is 0 Å². The Hall–Kier alpha value is -1.79. The number of benzene rings is 1. The molecule has 0 fully saturated rings. The molecule has 0 saturated heterocycles. The molecule has 1 aliphatic carbocycles. The second-order valence-electron chi connectivity index (χ2n) is 8.87. The molecule has 1 aromatic rings. The number of hydrogen-bond acceptors (Lipinski definition) is 4. The van der Waals surface area contributed by atoms with Crippen LogP contribution in [0.5, 0.6) is 0 Å². The third-order valence-electron chi connectivity index (χ3n) is 5.16. The van der Waals surface area contributed by atoms with Crippen LogP contribution >= 0.6 is 15.9 Å². The lowest BCUT2D eigenvalue weighted by Gasteiger charge is -2.33. The van der Waals surface area contributed by atoms with Crippen molar-refractivity contribution >= 4 is 27.6 Å².